The number of aromatic nitrogens is 1. The second-order valence-electron chi connectivity index (χ2n) is 7.15. The summed E-state index contributed by atoms with van der Waals surface area (Å²) in [4.78, 5) is 16.8. The molecule has 0 aliphatic rings. The predicted octanol–water partition coefficient (Wildman–Crippen LogP) is 3.47. The SMILES string of the molecule is COc1ccc(N([C@@H](C)C(=O)Nc2ccc(Cc3ccncc3)cc2)S(C)(=O)=O)cc1. The highest BCUT2D eigenvalue weighted by Gasteiger charge is 2.29. The normalized spacial score (nSPS) is 12.1. The van der Waals surface area contributed by atoms with Crippen molar-refractivity contribution in [1.29, 1.82) is 0 Å². The van der Waals surface area contributed by atoms with E-state index in [1.807, 2.05) is 24.3 Å². The molecule has 0 unspecified atom stereocenters. The zero-order valence-electron chi connectivity index (χ0n) is 17.6. The van der Waals surface area contributed by atoms with E-state index in [0.29, 0.717) is 17.1 Å². The standard InChI is InChI=1S/C23H25N3O4S/c1-17(26(31(3,28)29)21-8-10-22(30-2)11-9-21)23(27)25-20-6-4-18(5-7-20)16-19-12-14-24-15-13-19/h4-15,17H,16H2,1-3H3,(H,25,27)/t17-/m0/s1. The van der Waals surface area contributed by atoms with E-state index in [4.69, 9.17) is 4.74 Å². The van der Waals surface area contributed by atoms with E-state index in [9.17, 15) is 13.2 Å². The van der Waals surface area contributed by atoms with E-state index in [2.05, 4.69) is 10.3 Å². The molecule has 0 bridgehead atoms. The highest BCUT2D eigenvalue weighted by atomic mass is 32.2. The van der Waals surface area contributed by atoms with Crippen molar-refractivity contribution in [3.8, 4) is 5.75 Å². The van der Waals surface area contributed by atoms with E-state index in [1.165, 1.54) is 7.11 Å². The summed E-state index contributed by atoms with van der Waals surface area (Å²) in [6.07, 6.45) is 5.34. The lowest BCUT2D eigenvalue weighted by Crippen LogP contribution is -2.45. The van der Waals surface area contributed by atoms with Crippen molar-refractivity contribution in [2.75, 3.05) is 23.0 Å². The number of nitrogens with zero attached hydrogens (tertiary/aromatic N) is 2. The van der Waals surface area contributed by atoms with Crippen LogP contribution >= 0.6 is 0 Å². The quantitative estimate of drug-likeness (QED) is 0.581. The molecule has 0 aliphatic heterocycles. The van der Waals surface area contributed by atoms with Crippen LogP contribution in [0.5, 0.6) is 5.75 Å². The first-order chi connectivity index (χ1) is 14.8. The van der Waals surface area contributed by atoms with Gasteiger partial charge in [0.2, 0.25) is 15.9 Å². The van der Waals surface area contributed by atoms with Gasteiger partial charge in [-0.15, -0.1) is 0 Å². The number of anilines is 2. The van der Waals surface area contributed by atoms with Crippen molar-refractivity contribution < 1.29 is 17.9 Å². The van der Waals surface area contributed by atoms with Gasteiger partial charge < -0.3 is 10.1 Å². The summed E-state index contributed by atoms with van der Waals surface area (Å²) in [6.45, 7) is 1.55. The zero-order chi connectivity index (χ0) is 22.4. The van der Waals surface area contributed by atoms with E-state index in [0.717, 1.165) is 28.1 Å². The Bertz CT molecular complexity index is 1120. The second kappa shape index (κ2) is 9.61. The molecule has 3 aromatic rings. The van der Waals surface area contributed by atoms with Crippen LogP contribution in [0.25, 0.3) is 0 Å². The van der Waals surface area contributed by atoms with E-state index < -0.39 is 22.0 Å². The van der Waals surface area contributed by atoms with Gasteiger partial charge in [-0.1, -0.05) is 12.1 Å². The molecule has 0 saturated heterocycles. The largest absolute Gasteiger partial charge is 0.497 e. The Morgan fingerprint density at radius 1 is 1.00 bits per heavy atom. The van der Waals surface area contributed by atoms with Gasteiger partial charge in [0, 0.05) is 18.1 Å². The van der Waals surface area contributed by atoms with Crippen LogP contribution < -0.4 is 14.4 Å². The maximum atomic E-state index is 12.8. The van der Waals surface area contributed by atoms with Gasteiger partial charge in [0.1, 0.15) is 11.8 Å². The van der Waals surface area contributed by atoms with Crippen LogP contribution in [0.4, 0.5) is 11.4 Å². The fourth-order valence-corrected chi connectivity index (χ4v) is 4.40. The van der Waals surface area contributed by atoms with Crippen LogP contribution in [-0.2, 0) is 21.2 Å². The van der Waals surface area contributed by atoms with Crippen LogP contribution in [0.15, 0.2) is 73.1 Å². The molecule has 7 nitrogen and oxygen atoms in total. The first-order valence-electron chi connectivity index (χ1n) is 9.70. The van der Waals surface area contributed by atoms with Gasteiger partial charge in [-0.2, -0.15) is 0 Å². The van der Waals surface area contributed by atoms with Gasteiger partial charge >= 0.3 is 0 Å². The van der Waals surface area contributed by atoms with Crippen LogP contribution in [0, 0.1) is 0 Å². The number of benzene rings is 2. The number of carbonyl (C=O) groups excluding carboxylic acids is 1. The minimum atomic E-state index is -3.69. The number of rotatable bonds is 8. The number of hydrogen-bond donors (Lipinski definition) is 1. The van der Waals surface area contributed by atoms with Crippen molar-refractivity contribution in [1.82, 2.24) is 4.98 Å². The number of nitrogens with one attached hydrogen (secondary N) is 1. The lowest BCUT2D eigenvalue weighted by molar-refractivity contribution is -0.116. The third-order valence-electron chi connectivity index (χ3n) is 4.79. The van der Waals surface area contributed by atoms with Crippen molar-refractivity contribution >= 4 is 27.3 Å². The molecule has 1 N–H and O–H groups in total. The van der Waals surface area contributed by atoms with Gasteiger partial charge in [0.25, 0.3) is 0 Å². The van der Waals surface area contributed by atoms with Gasteiger partial charge in [0.05, 0.1) is 19.1 Å². The third kappa shape index (κ3) is 5.82. The van der Waals surface area contributed by atoms with Crippen LogP contribution in [0.3, 0.4) is 0 Å². The summed E-state index contributed by atoms with van der Waals surface area (Å²) in [5.41, 5.74) is 3.22. The topological polar surface area (TPSA) is 88.6 Å². The number of pyridine rings is 1. The molecule has 31 heavy (non-hydrogen) atoms. The molecule has 1 aromatic heterocycles. The molecule has 3 rings (SSSR count). The molecular formula is C23H25N3O4S. The minimum absolute atomic E-state index is 0.388. The fraction of sp³-hybridized carbons (Fsp3) is 0.217. The number of methoxy groups -OCH3 is 1. The van der Waals surface area contributed by atoms with E-state index in [-0.39, 0.29) is 0 Å². The van der Waals surface area contributed by atoms with Crippen molar-refractivity contribution in [2.45, 2.75) is 19.4 Å². The van der Waals surface area contributed by atoms with Gasteiger partial charge in [-0.05, 0) is 73.0 Å². The second-order valence-corrected chi connectivity index (χ2v) is 9.01. The Morgan fingerprint density at radius 2 is 1.58 bits per heavy atom. The fourth-order valence-electron chi connectivity index (χ4n) is 3.23. The van der Waals surface area contributed by atoms with Crippen molar-refractivity contribution in [3.63, 3.8) is 0 Å². The summed E-state index contributed by atoms with van der Waals surface area (Å²) in [5.74, 6) is 0.171. The molecular weight excluding hydrogens is 414 g/mol. The highest BCUT2D eigenvalue weighted by Crippen LogP contribution is 2.24. The van der Waals surface area contributed by atoms with E-state index in [1.54, 1.807) is 55.7 Å². The monoisotopic (exact) mass is 439 g/mol. The van der Waals surface area contributed by atoms with Crippen molar-refractivity contribution in [2.24, 2.45) is 0 Å². The zero-order valence-corrected chi connectivity index (χ0v) is 18.5. The summed E-state index contributed by atoms with van der Waals surface area (Å²) in [5, 5.41) is 2.80. The smallest absolute Gasteiger partial charge is 0.247 e. The summed E-state index contributed by atoms with van der Waals surface area (Å²) < 4.78 is 31.0. The van der Waals surface area contributed by atoms with Gasteiger partial charge in [-0.25, -0.2) is 8.42 Å². The molecule has 1 amide bonds. The summed E-state index contributed by atoms with van der Waals surface area (Å²) >= 11 is 0. The Balaban J connectivity index is 1.72. The third-order valence-corrected chi connectivity index (χ3v) is 6.04. The maximum Gasteiger partial charge on any atom is 0.247 e. The molecule has 0 saturated carbocycles. The number of amides is 1. The van der Waals surface area contributed by atoms with Gasteiger partial charge in [-0.3, -0.25) is 14.1 Å². The Labute approximate surface area is 182 Å². The molecule has 0 radical (unpaired) electrons. The lowest BCUT2D eigenvalue weighted by Gasteiger charge is -2.28. The number of sulfonamides is 1. The number of carbonyl (C=O) groups is 1. The van der Waals surface area contributed by atoms with Crippen LogP contribution in [0.2, 0.25) is 0 Å². The Morgan fingerprint density at radius 3 is 2.13 bits per heavy atom. The molecule has 0 fully saturated rings. The number of ether oxygens (including phenoxy) is 1. The molecule has 162 valence electrons. The molecule has 8 heteroatoms. The summed E-state index contributed by atoms with van der Waals surface area (Å²) in [6, 6.07) is 17.0. The first-order valence-corrected chi connectivity index (χ1v) is 11.5. The molecule has 0 aliphatic carbocycles. The summed E-state index contributed by atoms with van der Waals surface area (Å²) in [7, 11) is -2.16. The van der Waals surface area contributed by atoms with Crippen LogP contribution in [-0.4, -0.2) is 38.7 Å². The predicted molar refractivity (Wildman–Crippen MR) is 122 cm³/mol. The van der Waals surface area contributed by atoms with Gasteiger partial charge in [0.15, 0.2) is 0 Å². The Hall–Kier alpha value is -3.39. The highest BCUT2D eigenvalue weighted by molar-refractivity contribution is 7.92. The Kier molecular flexibility index (Phi) is 6.91. The lowest BCUT2D eigenvalue weighted by atomic mass is 10.1. The maximum absolute atomic E-state index is 12.8. The average Bonchev–Trinajstić information content (AvgIpc) is 2.75. The van der Waals surface area contributed by atoms with E-state index >= 15 is 0 Å². The van der Waals surface area contributed by atoms with Crippen molar-refractivity contribution in [3.05, 3.63) is 84.2 Å². The molecule has 2 aromatic carbocycles. The minimum Gasteiger partial charge on any atom is -0.497 e. The first kappa shape index (κ1) is 22.3. The molecule has 0 spiro atoms. The van der Waals surface area contributed by atoms with Crippen LogP contribution in [0.1, 0.15) is 18.1 Å². The molecule has 1 atom stereocenters. The average molecular weight is 440 g/mol. The molecule has 1 heterocycles. The number of hydrogen-bond acceptors (Lipinski definition) is 5.